The normalized spacial score (nSPS) is 20.6. The number of amides is 2. The lowest BCUT2D eigenvalue weighted by Gasteiger charge is -2.45. The smallest absolute Gasteiger partial charge is 0.264 e. The maximum absolute atomic E-state index is 14.5. The molecule has 2 saturated heterocycles. The molecule has 2 bridgehead atoms. The highest BCUT2D eigenvalue weighted by Crippen LogP contribution is 2.48. The lowest BCUT2D eigenvalue weighted by molar-refractivity contribution is -0.119. The Morgan fingerprint density at radius 1 is 0.962 bits per heavy atom. The van der Waals surface area contributed by atoms with Crippen molar-refractivity contribution in [1.82, 2.24) is 24.0 Å². The van der Waals surface area contributed by atoms with Crippen molar-refractivity contribution in [3.63, 3.8) is 0 Å². The molecule has 1 N–H and O–H groups in total. The highest BCUT2D eigenvalue weighted by molar-refractivity contribution is 7.90. The second-order valence-corrected chi connectivity index (χ2v) is 16.9. The first-order chi connectivity index (χ1) is 25.1. The number of carbonyl (C=O) groups is 2. The molecule has 2 aromatic heterocycles. The van der Waals surface area contributed by atoms with Crippen molar-refractivity contribution < 1.29 is 32.2 Å². The Hall–Kier alpha value is -4.46. The molecule has 52 heavy (non-hydrogen) atoms. The van der Waals surface area contributed by atoms with Gasteiger partial charge < -0.3 is 23.7 Å². The minimum Gasteiger partial charge on any atom is -0.497 e. The van der Waals surface area contributed by atoms with E-state index in [2.05, 4.69) is 26.5 Å². The number of hydrogen-bond donors (Lipinski definition) is 1. The number of nitrogens with one attached hydrogen (secondary N) is 1. The maximum atomic E-state index is 14.5. The molecule has 3 aliphatic heterocycles. The van der Waals surface area contributed by atoms with Gasteiger partial charge in [-0.3, -0.25) is 14.3 Å². The van der Waals surface area contributed by atoms with Gasteiger partial charge in [-0.15, -0.1) is 0 Å². The number of hydrogen-bond acceptors (Lipinski definition) is 8. The highest BCUT2D eigenvalue weighted by Gasteiger charge is 2.41. The van der Waals surface area contributed by atoms with Crippen LogP contribution in [0.15, 0.2) is 42.6 Å². The van der Waals surface area contributed by atoms with E-state index in [0.717, 1.165) is 59.0 Å². The van der Waals surface area contributed by atoms with Gasteiger partial charge in [0.1, 0.15) is 5.75 Å². The number of nitrogens with zero attached hydrogens (tertiary/aromatic N) is 4. The molecular formula is C39H45N5O7S. The number of carbonyl (C=O) groups excluding carboxylic acids is 2. The van der Waals surface area contributed by atoms with Crippen LogP contribution < -0.4 is 9.46 Å². The number of benzene rings is 2. The minimum absolute atomic E-state index is 0.105. The number of fused-ring (bicyclic) bond motifs is 7. The van der Waals surface area contributed by atoms with Crippen LogP contribution in [-0.2, 0) is 33.1 Å². The van der Waals surface area contributed by atoms with Crippen LogP contribution in [0, 0.1) is 0 Å². The third-order valence-corrected chi connectivity index (χ3v) is 12.9. The Bertz CT molecular complexity index is 2190. The van der Waals surface area contributed by atoms with Gasteiger partial charge in [0, 0.05) is 29.1 Å². The number of methoxy groups -OCH3 is 1. The molecule has 13 heteroatoms. The molecule has 0 unspecified atom stereocenters. The number of sulfonamides is 1. The molecule has 0 spiro atoms. The number of aromatic nitrogens is 3. The summed E-state index contributed by atoms with van der Waals surface area (Å²) in [4.78, 5) is 29.9. The van der Waals surface area contributed by atoms with E-state index in [0.29, 0.717) is 55.9 Å². The molecule has 274 valence electrons. The zero-order valence-electron chi connectivity index (χ0n) is 30.1. The van der Waals surface area contributed by atoms with Gasteiger partial charge in [0.25, 0.3) is 11.8 Å². The molecule has 2 aromatic carbocycles. The summed E-state index contributed by atoms with van der Waals surface area (Å²) in [6, 6.07) is 11.3. The molecule has 0 radical (unpaired) electrons. The summed E-state index contributed by atoms with van der Waals surface area (Å²) < 4.78 is 49.0. The average molecular weight is 728 g/mol. The Balaban J connectivity index is 1.32. The zero-order valence-corrected chi connectivity index (χ0v) is 30.9. The van der Waals surface area contributed by atoms with Crippen LogP contribution >= 0.6 is 0 Å². The fourth-order valence-corrected chi connectivity index (χ4v) is 9.09. The van der Waals surface area contributed by atoms with Gasteiger partial charge in [0.15, 0.2) is 0 Å². The van der Waals surface area contributed by atoms with Crippen molar-refractivity contribution in [2.24, 2.45) is 7.05 Å². The molecular weight excluding hydrogens is 683 g/mol. The highest BCUT2D eigenvalue weighted by atomic mass is 32.2. The van der Waals surface area contributed by atoms with Crippen molar-refractivity contribution in [1.29, 1.82) is 0 Å². The number of aryl methyl sites for hydroxylation is 1. The summed E-state index contributed by atoms with van der Waals surface area (Å²) in [5.74, 6) is 0.249. The van der Waals surface area contributed by atoms with Crippen LogP contribution in [0.2, 0.25) is 0 Å². The summed E-state index contributed by atoms with van der Waals surface area (Å²) >= 11 is 0. The lowest BCUT2D eigenvalue weighted by Crippen LogP contribution is -2.61. The lowest BCUT2D eigenvalue weighted by atomic mass is 9.81. The van der Waals surface area contributed by atoms with Gasteiger partial charge in [-0.05, 0) is 85.7 Å². The van der Waals surface area contributed by atoms with Crippen LogP contribution in [0.4, 0.5) is 0 Å². The Labute approximate surface area is 303 Å². The first-order valence-corrected chi connectivity index (χ1v) is 19.7. The summed E-state index contributed by atoms with van der Waals surface area (Å²) in [7, 11) is -0.333. The largest absolute Gasteiger partial charge is 0.497 e. The molecule has 2 amide bonds. The van der Waals surface area contributed by atoms with E-state index in [1.54, 1.807) is 37.9 Å². The molecule has 1 aliphatic carbocycles. The van der Waals surface area contributed by atoms with Gasteiger partial charge >= 0.3 is 0 Å². The monoisotopic (exact) mass is 727 g/mol. The third-order valence-electron chi connectivity index (χ3n) is 11.1. The fraction of sp³-hybridized carbons (Fsp3) is 0.462. The van der Waals surface area contributed by atoms with Crippen LogP contribution in [0.5, 0.6) is 5.75 Å². The molecule has 5 heterocycles. The predicted molar refractivity (Wildman–Crippen MR) is 198 cm³/mol. The van der Waals surface area contributed by atoms with Crippen LogP contribution in [0.1, 0.15) is 89.4 Å². The van der Waals surface area contributed by atoms with E-state index in [9.17, 15) is 18.0 Å². The first-order valence-electron chi connectivity index (χ1n) is 18.2. The van der Waals surface area contributed by atoms with E-state index in [4.69, 9.17) is 14.2 Å². The molecule has 8 rings (SSSR count). The molecule has 4 aliphatic rings. The average Bonchev–Trinajstić information content (AvgIpc) is 3.62. The minimum atomic E-state index is -3.84. The first kappa shape index (κ1) is 34.6. The number of allylic oxidation sites excluding steroid dienone is 1. The number of rotatable bonds is 7. The second-order valence-electron chi connectivity index (χ2n) is 14.7. The molecule has 4 aromatic rings. The van der Waals surface area contributed by atoms with Gasteiger partial charge in [-0.25, -0.2) is 13.1 Å². The van der Waals surface area contributed by atoms with Crippen molar-refractivity contribution >= 4 is 44.4 Å². The summed E-state index contributed by atoms with van der Waals surface area (Å²) in [5, 5.41) is 4.90. The van der Waals surface area contributed by atoms with Gasteiger partial charge in [-0.1, -0.05) is 25.3 Å². The van der Waals surface area contributed by atoms with Gasteiger partial charge in [0.2, 0.25) is 10.0 Å². The Morgan fingerprint density at radius 3 is 2.35 bits per heavy atom. The van der Waals surface area contributed by atoms with E-state index < -0.39 is 21.2 Å². The Kier molecular flexibility index (Phi) is 8.99. The standard InChI is InChI=1S/C39H45N5O7S/c1-23(2)52(47,48)41-38(45)25-10-12-32-34(16-25)43-18-27(36-33(17-40-42(36)3)39(46)44-28-19-50-21-29(44)22-51-20-28)14-26-15-30(49-4)11-13-31(26)37(43)35(32)24-8-6-5-7-9-24/h10-17,23-24,28-29H,5-9,18-22H2,1-4H3,(H,41,45). The zero-order chi connectivity index (χ0) is 36.3. The third kappa shape index (κ3) is 5.92. The van der Waals surface area contributed by atoms with Crippen molar-refractivity contribution in [3.05, 3.63) is 70.5 Å². The Morgan fingerprint density at radius 2 is 1.67 bits per heavy atom. The topological polar surface area (TPSA) is 134 Å². The van der Waals surface area contributed by atoms with E-state index in [1.807, 2.05) is 36.2 Å². The summed E-state index contributed by atoms with van der Waals surface area (Å²) in [5.41, 5.74) is 7.44. The van der Waals surface area contributed by atoms with Crippen molar-refractivity contribution in [3.8, 4) is 17.0 Å². The van der Waals surface area contributed by atoms with Crippen molar-refractivity contribution in [2.45, 2.75) is 75.7 Å². The molecule has 3 fully saturated rings. The summed E-state index contributed by atoms with van der Waals surface area (Å²) in [6.45, 7) is 5.15. The van der Waals surface area contributed by atoms with Crippen LogP contribution in [0.3, 0.4) is 0 Å². The quantitative estimate of drug-likeness (QED) is 0.269. The van der Waals surface area contributed by atoms with Crippen LogP contribution in [-0.4, -0.2) is 90.4 Å². The van der Waals surface area contributed by atoms with E-state index in [-0.39, 0.29) is 23.6 Å². The van der Waals surface area contributed by atoms with Gasteiger partial charge in [-0.2, -0.15) is 5.10 Å². The molecule has 0 atom stereocenters. The summed E-state index contributed by atoms with van der Waals surface area (Å²) in [6.07, 6.45) is 9.37. The SMILES string of the molecule is COc1ccc2c(c1)C=C(c1c(C(=O)N3C4COCC3COC4)cnn1C)Cn1c-2c(C2CCCCC2)c2ccc(C(=O)NS(=O)(=O)C(C)C)cc21. The number of morpholine rings is 2. The van der Waals surface area contributed by atoms with Crippen molar-refractivity contribution in [2.75, 3.05) is 33.5 Å². The van der Waals surface area contributed by atoms with Gasteiger partial charge in [0.05, 0.1) is 80.6 Å². The molecule has 12 nitrogen and oxygen atoms in total. The fourth-order valence-electron chi connectivity index (χ4n) is 8.47. The van der Waals surface area contributed by atoms with E-state index in [1.165, 1.54) is 12.0 Å². The van der Waals surface area contributed by atoms with Crippen LogP contribution in [0.25, 0.3) is 33.8 Å². The number of ether oxygens (including phenoxy) is 3. The van der Waals surface area contributed by atoms with E-state index >= 15 is 0 Å². The maximum Gasteiger partial charge on any atom is 0.264 e. The second kappa shape index (κ2) is 13.5. The predicted octanol–water partition coefficient (Wildman–Crippen LogP) is 5.36. The molecule has 1 saturated carbocycles.